The van der Waals surface area contributed by atoms with Crippen LogP contribution in [0.3, 0.4) is 0 Å². The first-order valence-corrected chi connectivity index (χ1v) is 9.10. The van der Waals surface area contributed by atoms with Crippen molar-refractivity contribution in [3.05, 3.63) is 54.8 Å². The molecule has 1 fully saturated rings. The molecule has 25 heavy (non-hydrogen) atoms. The van der Waals surface area contributed by atoms with E-state index in [-0.39, 0.29) is 5.69 Å². The Kier molecular flexibility index (Phi) is 7.78. The Morgan fingerprint density at radius 3 is 2.60 bits per heavy atom. The number of hydrogen-bond acceptors (Lipinski definition) is 4. The number of nitrogens with one attached hydrogen (secondary N) is 2. The number of anilines is 1. The van der Waals surface area contributed by atoms with Gasteiger partial charge >= 0.3 is 0 Å². The fourth-order valence-corrected chi connectivity index (χ4v) is 3.29. The van der Waals surface area contributed by atoms with Crippen LogP contribution in [0.2, 0.25) is 0 Å². The number of halogens is 2. The van der Waals surface area contributed by atoms with Gasteiger partial charge in [-0.15, -0.1) is 6.58 Å². The van der Waals surface area contributed by atoms with Crippen molar-refractivity contribution in [2.45, 2.75) is 19.3 Å². The van der Waals surface area contributed by atoms with Gasteiger partial charge in [0.2, 0.25) is 0 Å². The molecule has 0 spiro atoms. The van der Waals surface area contributed by atoms with Crippen molar-refractivity contribution in [2.75, 3.05) is 31.1 Å². The number of hydrogen-bond donors (Lipinski definition) is 3. The van der Waals surface area contributed by atoms with Crippen LogP contribution >= 0.6 is 12.8 Å². The van der Waals surface area contributed by atoms with Gasteiger partial charge in [-0.3, -0.25) is 4.72 Å². The summed E-state index contributed by atoms with van der Waals surface area (Å²) in [4.78, 5) is 1.69. The first-order chi connectivity index (χ1) is 12.0. The smallest absolute Gasteiger partial charge is 0.149 e. The molecule has 0 aromatic heterocycles. The van der Waals surface area contributed by atoms with E-state index in [4.69, 9.17) is 0 Å². The lowest BCUT2D eigenvalue weighted by molar-refractivity contribution is 0.237. The SMILES string of the molecule is C=CC1CC(CNC(=C)CN(CCCNS)c2c(F)cccc2F)C1. The van der Waals surface area contributed by atoms with Crippen molar-refractivity contribution in [3.63, 3.8) is 0 Å². The Bertz CT molecular complexity index is 568. The molecule has 0 bridgehead atoms. The van der Waals surface area contributed by atoms with Crippen LogP contribution in [-0.2, 0) is 0 Å². The third kappa shape index (κ3) is 5.75. The first-order valence-electron chi connectivity index (χ1n) is 8.65. The number of benzene rings is 1. The molecule has 0 unspecified atom stereocenters. The van der Waals surface area contributed by atoms with Gasteiger partial charge in [-0.25, -0.2) is 8.78 Å². The predicted octanol–water partition coefficient (Wildman–Crippen LogP) is 3.91. The number of para-hydroxylation sites is 1. The van der Waals surface area contributed by atoms with Crippen molar-refractivity contribution >= 4 is 18.5 Å². The van der Waals surface area contributed by atoms with E-state index in [0.29, 0.717) is 37.9 Å². The molecule has 2 rings (SSSR count). The van der Waals surface area contributed by atoms with Gasteiger partial charge in [0.15, 0.2) is 0 Å². The Morgan fingerprint density at radius 1 is 1.32 bits per heavy atom. The van der Waals surface area contributed by atoms with E-state index in [1.54, 1.807) is 4.90 Å². The second-order valence-corrected chi connectivity index (χ2v) is 6.89. The molecular weight excluding hydrogens is 340 g/mol. The summed E-state index contributed by atoms with van der Waals surface area (Å²) in [5.74, 6) is 0.128. The minimum Gasteiger partial charge on any atom is -0.387 e. The first kappa shape index (κ1) is 19.8. The Hall–Kier alpha value is -1.53. The molecule has 6 heteroatoms. The highest BCUT2D eigenvalue weighted by Gasteiger charge is 2.26. The minimum atomic E-state index is -0.556. The number of rotatable bonds is 11. The van der Waals surface area contributed by atoms with Crippen LogP contribution in [0.5, 0.6) is 0 Å². The highest BCUT2D eigenvalue weighted by atomic mass is 32.1. The summed E-state index contributed by atoms with van der Waals surface area (Å²) in [7, 11) is 0. The Morgan fingerprint density at radius 2 is 2.00 bits per heavy atom. The largest absolute Gasteiger partial charge is 0.387 e. The summed E-state index contributed by atoms with van der Waals surface area (Å²) in [6.07, 6.45) is 5.00. The monoisotopic (exact) mass is 367 g/mol. The maximum absolute atomic E-state index is 14.1. The standard InChI is InChI=1S/C19H27F2N3S/c1-3-15-10-16(11-15)12-22-14(2)13-24(9-5-8-23-25)19-17(20)6-4-7-18(19)21/h3-4,6-7,15-16,22-23,25H,1-2,5,8-13H2. The van der Waals surface area contributed by atoms with Crippen molar-refractivity contribution in [2.24, 2.45) is 11.8 Å². The van der Waals surface area contributed by atoms with E-state index in [1.165, 1.54) is 18.2 Å². The van der Waals surface area contributed by atoms with E-state index >= 15 is 0 Å². The maximum Gasteiger partial charge on any atom is 0.149 e. The zero-order valence-corrected chi connectivity index (χ0v) is 15.4. The molecule has 0 saturated heterocycles. The molecule has 1 aliphatic rings. The van der Waals surface area contributed by atoms with E-state index < -0.39 is 11.6 Å². The van der Waals surface area contributed by atoms with Gasteiger partial charge in [-0.05, 0) is 43.2 Å². The van der Waals surface area contributed by atoms with Gasteiger partial charge in [0.25, 0.3) is 0 Å². The molecule has 0 atom stereocenters. The molecular formula is C19H27F2N3S. The molecule has 2 N–H and O–H groups in total. The summed E-state index contributed by atoms with van der Waals surface area (Å²) in [6.45, 7) is 10.2. The summed E-state index contributed by atoms with van der Waals surface area (Å²) in [5.41, 5.74) is 0.767. The molecule has 0 radical (unpaired) electrons. The highest BCUT2D eigenvalue weighted by molar-refractivity contribution is 7.78. The van der Waals surface area contributed by atoms with Crippen molar-refractivity contribution in [1.82, 2.24) is 10.0 Å². The van der Waals surface area contributed by atoms with Crippen LogP contribution in [-0.4, -0.2) is 26.2 Å². The van der Waals surface area contributed by atoms with E-state index in [1.807, 2.05) is 6.08 Å². The van der Waals surface area contributed by atoms with E-state index in [9.17, 15) is 8.78 Å². The summed E-state index contributed by atoms with van der Waals surface area (Å²) in [6, 6.07) is 3.94. The second kappa shape index (κ2) is 9.82. The van der Waals surface area contributed by atoms with Crippen LogP contribution in [0.1, 0.15) is 19.3 Å². The third-order valence-electron chi connectivity index (χ3n) is 4.60. The lowest BCUT2D eigenvalue weighted by Gasteiger charge is -2.34. The van der Waals surface area contributed by atoms with Crippen LogP contribution in [0, 0.1) is 23.5 Å². The normalized spacial score (nSPS) is 19.2. The predicted molar refractivity (Wildman–Crippen MR) is 104 cm³/mol. The second-order valence-electron chi connectivity index (χ2n) is 6.57. The molecule has 1 aromatic carbocycles. The van der Waals surface area contributed by atoms with Crippen LogP contribution in [0.25, 0.3) is 0 Å². The topological polar surface area (TPSA) is 27.3 Å². The fourth-order valence-electron chi connectivity index (χ4n) is 3.13. The molecule has 1 aliphatic carbocycles. The van der Waals surface area contributed by atoms with Gasteiger partial charge in [-0.1, -0.05) is 31.5 Å². The Balaban J connectivity index is 1.93. The van der Waals surface area contributed by atoms with Gasteiger partial charge in [0, 0.05) is 25.3 Å². The quantitative estimate of drug-likeness (QED) is 0.314. The van der Waals surface area contributed by atoms with Crippen molar-refractivity contribution in [1.29, 1.82) is 0 Å². The third-order valence-corrected chi connectivity index (χ3v) is 4.82. The van der Waals surface area contributed by atoms with E-state index in [0.717, 1.165) is 25.1 Å². The minimum absolute atomic E-state index is 0.0000187. The van der Waals surface area contributed by atoms with Crippen LogP contribution < -0.4 is 14.9 Å². The number of nitrogens with zero attached hydrogens (tertiary/aromatic N) is 1. The maximum atomic E-state index is 14.1. The zero-order valence-electron chi connectivity index (χ0n) is 14.5. The molecule has 138 valence electrons. The zero-order chi connectivity index (χ0) is 18.2. The van der Waals surface area contributed by atoms with Crippen molar-refractivity contribution < 1.29 is 8.78 Å². The Labute approximate surface area is 154 Å². The van der Waals surface area contributed by atoms with Gasteiger partial charge in [0.05, 0.1) is 6.54 Å². The number of thiol groups is 1. The van der Waals surface area contributed by atoms with Crippen molar-refractivity contribution in [3.8, 4) is 0 Å². The molecule has 0 aliphatic heterocycles. The summed E-state index contributed by atoms with van der Waals surface area (Å²) >= 11 is 3.96. The van der Waals surface area contributed by atoms with Gasteiger partial charge in [0.1, 0.15) is 17.3 Å². The highest BCUT2D eigenvalue weighted by Crippen LogP contribution is 2.33. The fraction of sp³-hybridized carbons (Fsp3) is 0.474. The molecule has 0 amide bonds. The lowest BCUT2D eigenvalue weighted by atomic mass is 9.75. The van der Waals surface area contributed by atoms with E-state index in [2.05, 4.69) is 36.0 Å². The average molecular weight is 368 g/mol. The van der Waals surface area contributed by atoms with Crippen LogP contribution in [0.15, 0.2) is 43.1 Å². The average Bonchev–Trinajstić information content (AvgIpc) is 2.53. The lowest BCUT2D eigenvalue weighted by Crippen LogP contribution is -2.37. The molecule has 1 aromatic rings. The molecule has 1 saturated carbocycles. The molecule has 0 heterocycles. The molecule has 3 nitrogen and oxygen atoms in total. The van der Waals surface area contributed by atoms with Crippen LogP contribution in [0.4, 0.5) is 14.5 Å². The summed E-state index contributed by atoms with van der Waals surface area (Å²) < 4.78 is 31.1. The summed E-state index contributed by atoms with van der Waals surface area (Å²) in [5, 5.41) is 3.31. The van der Waals surface area contributed by atoms with Gasteiger partial charge in [-0.2, -0.15) is 0 Å². The van der Waals surface area contributed by atoms with Gasteiger partial charge < -0.3 is 10.2 Å². The number of allylic oxidation sites excluding steroid dienone is 1.